The van der Waals surface area contributed by atoms with Crippen LogP contribution < -0.4 is 5.32 Å². The van der Waals surface area contributed by atoms with Crippen molar-refractivity contribution in [1.82, 2.24) is 10.3 Å². The first kappa shape index (κ1) is 13.6. The number of thiazole rings is 1. The quantitative estimate of drug-likeness (QED) is 0.850. The van der Waals surface area contributed by atoms with Crippen molar-refractivity contribution in [2.45, 2.75) is 35.5 Å². The minimum absolute atomic E-state index is 0.429. The number of hydrogen-bond donors (Lipinski definition) is 1. The molecular weight excluding hydrogens is 260 g/mol. The molecule has 2 rings (SSSR count). The lowest BCUT2D eigenvalue weighted by molar-refractivity contribution is 0.530. The van der Waals surface area contributed by atoms with E-state index in [1.165, 1.54) is 10.5 Å². The zero-order valence-electron chi connectivity index (χ0n) is 10.7. The summed E-state index contributed by atoms with van der Waals surface area (Å²) in [5.41, 5.74) is 1.38. The summed E-state index contributed by atoms with van der Waals surface area (Å²) in [6.07, 6.45) is 2.96. The molecule has 0 aliphatic rings. The molecule has 0 bridgehead atoms. The average Bonchev–Trinajstić information content (AvgIpc) is 2.90. The van der Waals surface area contributed by atoms with Gasteiger partial charge in [0.1, 0.15) is 0 Å². The number of rotatable bonds is 6. The lowest BCUT2D eigenvalue weighted by Gasteiger charge is -2.19. The van der Waals surface area contributed by atoms with E-state index < -0.39 is 0 Å². The van der Waals surface area contributed by atoms with Crippen LogP contribution in [0.2, 0.25) is 0 Å². The lowest BCUT2D eigenvalue weighted by atomic mass is 10.0. The maximum absolute atomic E-state index is 4.34. The first-order valence-corrected chi connectivity index (χ1v) is 7.94. The zero-order chi connectivity index (χ0) is 12.8. The van der Waals surface area contributed by atoms with Crippen LogP contribution in [0.15, 0.2) is 45.1 Å². The van der Waals surface area contributed by atoms with Gasteiger partial charge in [-0.15, -0.1) is 11.3 Å². The van der Waals surface area contributed by atoms with Crippen molar-refractivity contribution in [2.24, 2.45) is 0 Å². The minimum atomic E-state index is 0.429. The first-order valence-electron chi connectivity index (χ1n) is 6.24. The number of hydrogen-bond acceptors (Lipinski definition) is 4. The van der Waals surface area contributed by atoms with Crippen LogP contribution >= 0.6 is 23.1 Å². The molecule has 1 aromatic heterocycles. The Morgan fingerprint density at radius 3 is 2.83 bits per heavy atom. The van der Waals surface area contributed by atoms with Crippen LogP contribution in [0.5, 0.6) is 0 Å². The largest absolute Gasteiger partial charge is 0.310 e. The molecule has 18 heavy (non-hydrogen) atoms. The van der Waals surface area contributed by atoms with E-state index >= 15 is 0 Å². The van der Waals surface area contributed by atoms with Crippen molar-refractivity contribution in [3.05, 3.63) is 41.4 Å². The van der Waals surface area contributed by atoms with Gasteiger partial charge in [-0.1, -0.05) is 43.8 Å². The Hall–Kier alpha value is -0.840. The summed E-state index contributed by atoms with van der Waals surface area (Å²) in [6.45, 7) is 5.37. The fraction of sp³-hybridized carbons (Fsp3) is 0.357. The van der Waals surface area contributed by atoms with Gasteiger partial charge >= 0.3 is 0 Å². The van der Waals surface area contributed by atoms with Crippen molar-refractivity contribution in [3.8, 4) is 0 Å². The molecule has 4 heteroatoms. The molecule has 0 saturated heterocycles. The molecule has 0 fully saturated rings. The van der Waals surface area contributed by atoms with Gasteiger partial charge in [-0.2, -0.15) is 0 Å². The monoisotopic (exact) mass is 278 g/mol. The number of benzene rings is 1. The Labute approximate surface area is 117 Å². The third-order valence-corrected chi connectivity index (χ3v) is 4.74. The summed E-state index contributed by atoms with van der Waals surface area (Å²) >= 11 is 3.45. The van der Waals surface area contributed by atoms with E-state index in [0.717, 1.165) is 17.3 Å². The normalized spacial score (nSPS) is 12.6. The third kappa shape index (κ3) is 3.34. The van der Waals surface area contributed by atoms with Crippen LogP contribution in [0.3, 0.4) is 0 Å². The highest BCUT2D eigenvalue weighted by molar-refractivity contribution is 8.01. The van der Waals surface area contributed by atoms with E-state index in [0.29, 0.717) is 6.04 Å². The molecule has 0 spiro atoms. The van der Waals surface area contributed by atoms with Gasteiger partial charge in [0.2, 0.25) is 0 Å². The molecule has 96 valence electrons. The molecule has 0 amide bonds. The smallest absolute Gasteiger partial charge is 0.154 e. The second-order valence-electron chi connectivity index (χ2n) is 3.96. The van der Waals surface area contributed by atoms with Crippen LogP contribution in [0, 0.1) is 0 Å². The Bertz CT molecular complexity index is 468. The molecule has 1 heterocycles. The Balaban J connectivity index is 2.24. The predicted octanol–water partition coefficient (Wildman–Crippen LogP) is 4.35. The van der Waals surface area contributed by atoms with Crippen LogP contribution in [-0.4, -0.2) is 11.5 Å². The van der Waals surface area contributed by atoms with Crippen molar-refractivity contribution >= 4 is 23.1 Å². The van der Waals surface area contributed by atoms with Gasteiger partial charge in [-0.3, -0.25) is 0 Å². The number of nitrogens with one attached hydrogen (secondary N) is 1. The Morgan fingerprint density at radius 2 is 2.17 bits per heavy atom. The predicted molar refractivity (Wildman–Crippen MR) is 79.4 cm³/mol. The molecule has 1 aromatic carbocycles. The molecule has 1 unspecified atom stereocenters. The molecule has 0 aliphatic carbocycles. The summed E-state index contributed by atoms with van der Waals surface area (Å²) < 4.78 is 1.11. The van der Waals surface area contributed by atoms with Crippen molar-refractivity contribution in [2.75, 3.05) is 6.54 Å². The van der Waals surface area contributed by atoms with Crippen LogP contribution in [0.25, 0.3) is 0 Å². The SMILES string of the molecule is CCNC(CC)c1ccccc1Sc1nccs1. The number of aromatic nitrogens is 1. The zero-order valence-corrected chi connectivity index (χ0v) is 12.4. The summed E-state index contributed by atoms with van der Waals surface area (Å²) in [5.74, 6) is 0. The van der Waals surface area contributed by atoms with Gasteiger partial charge in [0.15, 0.2) is 4.34 Å². The molecule has 1 atom stereocenters. The van der Waals surface area contributed by atoms with Crippen LogP contribution in [-0.2, 0) is 0 Å². The second-order valence-corrected chi connectivity index (χ2v) is 6.14. The first-order chi connectivity index (χ1) is 8.85. The highest BCUT2D eigenvalue weighted by Gasteiger charge is 2.13. The highest BCUT2D eigenvalue weighted by Crippen LogP contribution is 2.34. The molecule has 0 aliphatic heterocycles. The summed E-state index contributed by atoms with van der Waals surface area (Å²) in [6, 6.07) is 9.03. The molecular formula is C14H18N2S2. The van der Waals surface area contributed by atoms with E-state index in [-0.39, 0.29) is 0 Å². The lowest BCUT2D eigenvalue weighted by Crippen LogP contribution is -2.20. The topological polar surface area (TPSA) is 24.9 Å². The van der Waals surface area contributed by atoms with Crippen molar-refractivity contribution < 1.29 is 0 Å². The van der Waals surface area contributed by atoms with E-state index in [9.17, 15) is 0 Å². The van der Waals surface area contributed by atoms with Gasteiger partial charge in [0, 0.05) is 22.5 Å². The van der Waals surface area contributed by atoms with Crippen LogP contribution in [0.1, 0.15) is 31.9 Å². The average molecular weight is 278 g/mol. The highest BCUT2D eigenvalue weighted by atomic mass is 32.2. The maximum Gasteiger partial charge on any atom is 0.154 e. The Morgan fingerprint density at radius 1 is 1.33 bits per heavy atom. The van der Waals surface area contributed by atoms with Crippen LogP contribution in [0.4, 0.5) is 0 Å². The second kappa shape index (κ2) is 6.92. The van der Waals surface area contributed by atoms with Gasteiger partial charge in [0.25, 0.3) is 0 Å². The summed E-state index contributed by atoms with van der Waals surface area (Å²) in [7, 11) is 0. The summed E-state index contributed by atoms with van der Waals surface area (Å²) in [4.78, 5) is 5.65. The minimum Gasteiger partial charge on any atom is -0.310 e. The molecule has 2 aromatic rings. The Kier molecular flexibility index (Phi) is 5.23. The van der Waals surface area contributed by atoms with E-state index in [1.54, 1.807) is 23.1 Å². The number of nitrogens with zero attached hydrogens (tertiary/aromatic N) is 1. The fourth-order valence-corrected chi connectivity index (χ4v) is 3.70. The van der Waals surface area contributed by atoms with E-state index in [4.69, 9.17) is 0 Å². The molecule has 2 nitrogen and oxygen atoms in total. The summed E-state index contributed by atoms with van der Waals surface area (Å²) in [5, 5.41) is 5.56. The fourth-order valence-electron chi connectivity index (χ4n) is 1.94. The van der Waals surface area contributed by atoms with E-state index in [2.05, 4.69) is 48.4 Å². The van der Waals surface area contributed by atoms with Gasteiger partial charge in [0.05, 0.1) is 0 Å². The molecule has 0 radical (unpaired) electrons. The molecule has 1 N–H and O–H groups in total. The maximum atomic E-state index is 4.34. The standard InChI is InChI=1S/C14H18N2S2/c1-3-12(15-4-2)11-7-5-6-8-13(11)18-14-16-9-10-17-14/h5-10,12,15H,3-4H2,1-2H3. The van der Waals surface area contributed by atoms with E-state index in [1.807, 2.05) is 11.6 Å². The van der Waals surface area contributed by atoms with Crippen molar-refractivity contribution in [1.29, 1.82) is 0 Å². The van der Waals surface area contributed by atoms with Gasteiger partial charge < -0.3 is 5.32 Å². The van der Waals surface area contributed by atoms with Crippen molar-refractivity contribution in [3.63, 3.8) is 0 Å². The molecule has 0 saturated carbocycles. The van der Waals surface area contributed by atoms with Gasteiger partial charge in [-0.05, 0) is 24.6 Å². The third-order valence-electron chi connectivity index (χ3n) is 2.76. The van der Waals surface area contributed by atoms with Gasteiger partial charge in [-0.25, -0.2) is 4.98 Å².